The van der Waals surface area contributed by atoms with E-state index in [1.54, 1.807) is 0 Å². The fourth-order valence-electron chi connectivity index (χ4n) is 3.40. The summed E-state index contributed by atoms with van der Waals surface area (Å²) >= 11 is 9.30. The van der Waals surface area contributed by atoms with Crippen LogP contribution in [0.3, 0.4) is 0 Å². The molecule has 0 aromatic heterocycles. The molecule has 0 fully saturated rings. The average molecular weight is 642 g/mol. The van der Waals surface area contributed by atoms with Gasteiger partial charge in [0.15, 0.2) is 11.5 Å². The van der Waals surface area contributed by atoms with Gasteiger partial charge in [-0.1, -0.05) is 17.7 Å². The second-order valence-corrected chi connectivity index (χ2v) is 11.0. The van der Waals surface area contributed by atoms with Crippen molar-refractivity contribution in [3.05, 3.63) is 79.3 Å². The number of hydrogen-bond donors (Lipinski definition) is 2. The topological polar surface area (TPSA) is 161 Å². The molecular formula is C24H22BrClN4O8S. The highest BCUT2D eigenvalue weighted by Crippen LogP contribution is 2.36. The van der Waals surface area contributed by atoms with Gasteiger partial charge >= 0.3 is 0 Å². The fourth-order valence-corrected chi connectivity index (χ4v) is 5.47. The molecule has 0 radical (unpaired) electrons. The normalized spacial score (nSPS) is 11.3. The van der Waals surface area contributed by atoms with Gasteiger partial charge in [0.2, 0.25) is 0 Å². The summed E-state index contributed by atoms with van der Waals surface area (Å²) in [6.45, 7) is 0.695. The Morgan fingerprint density at radius 3 is 2.51 bits per heavy atom. The number of hydrogen-bond acceptors (Lipinski definition) is 9. The first-order chi connectivity index (χ1) is 18.4. The summed E-state index contributed by atoms with van der Waals surface area (Å²) in [5.41, 5.74) is 2.48. The highest BCUT2D eigenvalue weighted by Gasteiger charge is 2.31. The molecule has 0 heterocycles. The van der Waals surface area contributed by atoms with Crippen LogP contribution in [0.4, 0.5) is 11.4 Å². The van der Waals surface area contributed by atoms with E-state index in [-0.39, 0.29) is 33.5 Å². The number of sulfonamides is 1. The molecule has 0 aliphatic carbocycles. The van der Waals surface area contributed by atoms with E-state index in [4.69, 9.17) is 21.1 Å². The molecule has 0 aliphatic heterocycles. The van der Waals surface area contributed by atoms with Crippen LogP contribution in [-0.4, -0.2) is 51.3 Å². The summed E-state index contributed by atoms with van der Waals surface area (Å²) in [7, 11) is -1.87. The number of nitro benzene ring substituents is 1. The van der Waals surface area contributed by atoms with Crippen LogP contribution in [0, 0.1) is 17.0 Å². The summed E-state index contributed by atoms with van der Waals surface area (Å²) in [6, 6.07) is 10.6. The number of methoxy groups -OCH3 is 2. The number of nitrogens with one attached hydrogen (secondary N) is 1. The number of carbonyl (C=O) groups is 1. The maximum Gasteiger partial charge on any atom is 0.273 e. The Morgan fingerprint density at radius 1 is 1.18 bits per heavy atom. The SMILES string of the molecule is COc1ccc(Cl)cc1N(CC(=O)N/N=C\c1cc(Br)c(O)c(OC)c1)S(=O)(=O)c1ccc(C)c([N+](=O)[O-])c1. The number of halogens is 2. The first-order valence-electron chi connectivity index (χ1n) is 10.9. The van der Waals surface area contributed by atoms with Gasteiger partial charge in [-0.25, -0.2) is 13.8 Å². The molecule has 39 heavy (non-hydrogen) atoms. The molecule has 0 unspecified atom stereocenters. The van der Waals surface area contributed by atoms with E-state index in [9.17, 15) is 28.4 Å². The third-order valence-electron chi connectivity index (χ3n) is 5.34. The fraction of sp³-hybridized carbons (Fsp3) is 0.167. The van der Waals surface area contributed by atoms with Crippen molar-refractivity contribution in [3.8, 4) is 17.2 Å². The van der Waals surface area contributed by atoms with Crippen LogP contribution in [0.5, 0.6) is 17.2 Å². The lowest BCUT2D eigenvalue weighted by atomic mass is 10.2. The number of nitro groups is 1. The van der Waals surface area contributed by atoms with Gasteiger partial charge in [-0.3, -0.25) is 19.2 Å². The smallest absolute Gasteiger partial charge is 0.273 e. The Kier molecular flexibility index (Phi) is 9.37. The van der Waals surface area contributed by atoms with E-state index in [1.807, 2.05) is 0 Å². The number of nitrogens with zero attached hydrogens (tertiary/aromatic N) is 3. The zero-order valence-corrected chi connectivity index (χ0v) is 23.9. The largest absolute Gasteiger partial charge is 0.503 e. The van der Waals surface area contributed by atoms with Gasteiger partial charge in [0.25, 0.3) is 21.6 Å². The van der Waals surface area contributed by atoms with Gasteiger partial charge in [-0.2, -0.15) is 5.10 Å². The third-order valence-corrected chi connectivity index (χ3v) is 7.93. The van der Waals surface area contributed by atoms with Crippen LogP contribution in [0.1, 0.15) is 11.1 Å². The van der Waals surface area contributed by atoms with E-state index in [0.29, 0.717) is 10.0 Å². The molecule has 3 rings (SSSR count). The minimum atomic E-state index is -4.54. The van der Waals surface area contributed by atoms with Gasteiger partial charge < -0.3 is 14.6 Å². The standard InChI is InChI=1S/C24H22BrClN4O8S/c1-14-4-6-17(11-19(14)30(33)34)39(35,36)29(20-10-16(26)5-7-21(20)37-2)13-23(31)28-27-12-15-8-18(25)24(32)22(9-15)38-3/h4-12,32H,13H2,1-3H3,(H,28,31)/b27-12-. The van der Waals surface area contributed by atoms with Crippen molar-refractivity contribution in [1.82, 2.24) is 5.43 Å². The number of aryl methyl sites for hydroxylation is 1. The van der Waals surface area contributed by atoms with Crippen molar-refractivity contribution in [2.24, 2.45) is 5.10 Å². The zero-order chi connectivity index (χ0) is 28.9. The number of phenols is 1. The van der Waals surface area contributed by atoms with Crippen molar-refractivity contribution >= 4 is 61.1 Å². The number of hydrazone groups is 1. The van der Waals surface area contributed by atoms with Crippen molar-refractivity contribution in [3.63, 3.8) is 0 Å². The van der Waals surface area contributed by atoms with Gasteiger partial charge in [-0.15, -0.1) is 0 Å². The summed E-state index contributed by atoms with van der Waals surface area (Å²) < 4.78 is 38.8. The van der Waals surface area contributed by atoms with Crippen molar-refractivity contribution in [1.29, 1.82) is 0 Å². The van der Waals surface area contributed by atoms with Crippen molar-refractivity contribution < 1.29 is 32.7 Å². The molecule has 3 aromatic rings. The molecule has 0 saturated carbocycles. The lowest BCUT2D eigenvalue weighted by molar-refractivity contribution is -0.385. The number of ether oxygens (including phenoxy) is 2. The van der Waals surface area contributed by atoms with Crippen LogP contribution in [0.2, 0.25) is 5.02 Å². The number of carbonyl (C=O) groups excluding carboxylic acids is 1. The van der Waals surface area contributed by atoms with E-state index < -0.39 is 38.0 Å². The number of phenolic OH excluding ortho intramolecular Hbond substituents is 1. The highest BCUT2D eigenvalue weighted by molar-refractivity contribution is 9.10. The van der Waals surface area contributed by atoms with Crippen LogP contribution < -0.4 is 19.2 Å². The van der Waals surface area contributed by atoms with Crippen molar-refractivity contribution in [2.45, 2.75) is 11.8 Å². The summed E-state index contributed by atoms with van der Waals surface area (Å²) in [6.07, 6.45) is 1.26. The van der Waals surface area contributed by atoms with Crippen LogP contribution in [0.25, 0.3) is 0 Å². The van der Waals surface area contributed by atoms with Gasteiger partial charge in [0.1, 0.15) is 12.3 Å². The molecule has 0 saturated heterocycles. The molecule has 0 aliphatic rings. The first kappa shape index (κ1) is 29.7. The summed E-state index contributed by atoms with van der Waals surface area (Å²) in [4.78, 5) is 23.2. The van der Waals surface area contributed by atoms with Gasteiger partial charge in [0.05, 0.1) is 40.4 Å². The zero-order valence-electron chi connectivity index (χ0n) is 20.7. The predicted octanol–water partition coefficient (Wildman–Crippen LogP) is 4.39. The van der Waals surface area contributed by atoms with E-state index in [2.05, 4.69) is 26.5 Å². The Morgan fingerprint density at radius 2 is 1.87 bits per heavy atom. The van der Waals surface area contributed by atoms with Gasteiger partial charge in [-0.05, 0) is 64.8 Å². The molecule has 206 valence electrons. The Bertz CT molecular complexity index is 1570. The lowest BCUT2D eigenvalue weighted by Gasteiger charge is -2.25. The maximum atomic E-state index is 13.7. The predicted molar refractivity (Wildman–Crippen MR) is 148 cm³/mol. The molecule has 0 bridgehead atoms. The number of anilines is 1. The first-order valence-corrected chi connectivity index (χ1v) is 13.5. The van der Waals surface area contributed by atoms with Gasteiger partial charge in [0, 0.05) is 16.7 Å². The molecule has 0 spiro atoms. The minimum absolute atomic E-state index is 0.0699. The van der Waals surface area contributed by atoms with E-state index in [0.717, 1.165) is 10.4 Å². The van der Waals surface area contributed by atoms with Crippen LogP contribution >= 0.6 is 27.5 Å². The molecular weight excluding hydrogens is 620 g/mol. The molecule has 3 aromatic carbocycles. The third kappa shape index (κ3) is 6.77. The van der Waals surface area contributed by atoms with Crippen molar-refractivity contribution in [2.75, 3.05) is 25.1 Å². The van der Waals surface area contributed by atoms with Crippen LogP contribution in [-0.2, 0) is 14.8 Å². The van der Waals surface area contributed by atoms with E-state index in [1.165, 1.54) is 69.8 Å². The lowest BCUT2D eigenvalue weighted by Crippen LogP contribution is -2.39. The summed E-state index contributed by atoms with van der Waals surface area (Å²) in [5.74, 6) is -0.716. The quantitative estimate of drug-likeness (QED) is 0.187. The average Bonchev–Trinajstić information content (AvgIpc) is 2.89. The number of aromatic hydroxyl groups is 1. The molecule has 0 atom stereocenters. The highest BCUT2D eigenvalue weighted by atomic mass is 79.9. The van der Waals surface area contributed by atoms with Crippen LogP contribution in [0.15, 0.2) is 63.0 Å². The maximum absolute atomic E-state index is 13.7. The van der Waals surface area contributed by atoms with E-state index >= 15 is 0 Å². The Balaban J connectivity index is 1.98. The number of benzene rings is 3. The molecule has 12 nitrogen and oxygen atoms in total. The molecule has 1 amide bonds. The molecule has 15 heteroatoms. The second kappa shape index (κ2) is 12.3. The summed E-state index contributed by atoms with van der Waals surface area (Å²) in [5, 5.41) is 25.4. The second-order valence-electron chi connectivity index (χ2n) is 7.88. The molecule has 2 N–H and O–H groups in total. The minimum Gasteiger partial charge on any atom is -0.503 e. The Labute approximate surface area is 237 Å². The number of amides is 1. The monoisotopic (exact) mass is 640 g/mol. The number of rotatable bonds is 10. The Hall–Kier alpha value is -3.88.